The number of carbonyl (C=O) groups is 1. The molecule has 0 saturated heterocycles. The molecule has 0 spiro atoms. The second kappa shape index (κ2) is 8.35. The first-order chi connectivity index (χ1) is 12.4. The van der Waals surface area contributed by atoms with Crippen molar-refractivity contribution >= 4 is 50.7 Å². The summed E-state index contributed by atoms with van der Waals surface area (Å²) in [5, 5.41) is 5.10. The van der Waals surface area contributed by atoms with E-state index >= 15 is 0 Å². The normalized spacial score (nSPS) is 12.5. The molecule has 1 amide bonds. The summed E-state index contributed by atoms with van der Waals surface area (Å²) >= 11 is 13.8. The topological polar surface area (TPSA) is 45.2 Å². The molecule has 0 fully saturated rings. The molecule has 3 aromatic rings. The molecule has 0 unspecified atom stereocenters. The summed E-state index contributed by atoms with van der Waals surface area (Å²) in [6, 6.07) is 13.1. The molecule has 1 atom stereocenters. The first kappa shape index (κ1) is 19.1. The highest BCUT2D eigenvalue weighted by Crippen LogP contribution is 2.26. The fourth-order valence-electron chi connectivity index (χ4n) is 2.74. The zero-order valence-electron chi connectivity index (χ0n) is 14.5. The molecule has 0 aliphatic rings. The number of thiazole rings is 1. The Bertz CT molecular complexity index is 895. The Kier molecular flexibility index (Phi) is 6.14. The third-order valence-corrected chi connectivity index (χ3v) is 5.55. The number of nitrogens with one attached hydrogen (secondary N) is 1. The van der Waals surface area contributed by atoms with Gasteiger partial charge in [0.25, 0.3) is 0 Å². The maximum Gasteiger partial charge on any atom is 0.234 e. The first-order valence-electron chi connectivity index (χ1n) is 8.19. The van der Waals surface area contributed by atoms with E-state index in [-0.39, 0.29) is 18.5 Å². The number of amides is 1. The van der Waals surface area contributed by atoms with Gasteiger partial charge < -0.3 is 5.32 Å². The van der Waals surface area contributed by atoms with Gasteiger partial charge in [0, 0.05) is 10.0 Å². The second-order valence-electron chi connectivity index (χ2n) is 6.20. The number of hydrogen-bond acceptors (Lipinski definition) is 4. The van der Waals surface area contributed by atoms with Gasteiger partial charge in [0.05, 0.1) is 29.3 Å². The summed E-state index contributed by atoms with van der Waals surface area (Å²) in [5.41, 5.74) is 1.84. The Morgan fingerprint density at radius 3 is 2.77 bits per heavy atom. The molecule has 0 aliphatic heterocycles. The maximum atomic E-state index is 12.3. The zero-order chi connectivity index (χ0) is 18.7. The molecule has 2 aromatic carbocycles. The molecule has 1 aromatic heterocycles. The SMILES string of the molecule is C[C@@H](NC(=O)CN(C)Cc1nc2ccccc2s1)c1ccc(Cl)cc1Cl. The van der Waals surface area contributed by atoms with Crippen molar-refractivity contribution in [3.8, 4) is 0 Å². The van der Waals surface area contributed by atoms with E-state index in [2.05, 4.69) is 16.4 Å². The van der Waals surface area contributed by atoms with Crippen LogP contribution in [0.1, 0.15) is 23.5 Å². The number of rotatable bonds is 6. The summed E-state index contributed by atoms with van der Waals surface area (Å²) in [6.07, 6.45) is 0. The quantitative estimate of drug-likeness (QED) is 0.630. The van der Waals surface area contributed by atoms with Crippen LogP contribution in [0.4, 0.5) is 0 Å². The van der Waals surface area contributed by atoms with E-state index < -0.39 is 0 Å². The Hall–Kier alpha value is -1.66. The number of benzene rings is 2. The average molecular weight is 408 g/mol. The van der Waals surface area contributed by atoms with Crippen LogP contribution in [0.25, 0.3) is 10.2 Å². The molecule has 3 rings (SSSR count). The highest BCUT2D eigenvalue weighted by molar-refractivity contribution is 7.18. The predicted molar refractivity (Wildman–Crippen MR) is 109 cm³/mol. The Morgan fingerprint density at radius 2 is 2.04 bits per heavy atom. The summed E-state index contributed by atoms with van der Waals surface area (Å²) < 4.78 is 1.16. The molecule has 0 bridgehead atoms. The van der Waals surface area contributed by atoms with Crippen molar-refractivity contribution in [2.45, 2.75) is 19.5 Å². The fourth-order valence-corrected chi connectivity index (χ4v) is 4.36. The molecule has 0 radical (unpaired) electrons. The molecule has 1 heterocycles. The van der Waals surface area contributed by atoms with E-state index in [1.165, 1.54) is 0 Å². The number of para-hydroxylation sites is 1. The van der Waals surface area contributed by atoms with Gasteiger partial charge in [0.15, 0.2) is 0 Å². The van der Waals surface area contributed by atoms with E-state index in [1.54, 1.807) is 23.5 Å². The van der Waals surface area contributed by atoms with Gasteiger partial charge in [-0.15, -0.1) is 11.3 Å². The molecule has 7 heteroatoms. The molecule has 0 aliphatic carbocycles. The van der Waals surface area contributed by atoms with Crippen LogP contribution in [0.2, 0.25) is 10.0 Å². The minimum Gasteiger partial charge on any atom is -0.348 e. The lowest BCUT2D eigenvalue weighted by atomic mass is 10.1. The summed E-state index contributed by atoms with van der Waals surface area (Å²) in [5.74, 6) is -0.0628. The second-order valence-corrected chi connectivity index (χ2v) is 8.16. The van der Waals surface area contributed by atoms with Crippen molar-refractivity contribution in [3.63, 3.8) is 0 Å². The van der Waals surface area contributed by atoms with E-state index in [9.17, 15) is 4.79 Å². The minimum atomic E-state index is -0.192. The molecule has 1 N–H and O–H groups in total. The van der Waals surface area contributed by atoms with Crippen LogP contribution in [0.5, 0.6) is 0 Å². The smallest absolute Gasteiger partial charge is 0.234 e. The van der Waals surface area contributed by atoms with Gasteiger partial charge in [0.1, 0.15) is 5.01 Å². The highest BCUT2D eigenvalue weighted by Gasteiger charge is 2.15. The van der Waals surface area contributed by atoms with Crippen molar-refractivity contribution < 1.29 is 4.79 Å². The van der Waals surface area contributed by atoms with Crippen molar-refractivity contribution in [2.75, 3.05) is 13.6 Å². The number of likely N-dealkylation sites (N-methyl/N-ethyl adjacent to an activating group) is 1. The van der Waals surface area contributed by atoms with Crippen LogP contribution in [-0.4, -0.2) is 29.4 Å². The Balaban J connectivity index is 1.56. The molecule has 136 valence electrons. The van der Waals surface area contributed by atoms with E-state index in [1.807, 2.05) is 43.1 Å². The number of fused-ring (bicyclic) bond motifs is 1. The van der Waals surface area contributed by atoms with Gasteiger partial charge in [0.2, 0.25) is 5.91 Å². The predicted octanol–water partition coefficient (Wildman–Crippen LogP) is 4.91. The standard InChI is InChI=1S/C19H19Cl2N3OS/c1-12(14-8-7-13(20)9-15(14)21)22-18(25)10-24(2)11-19-23-16-5-3-4-6-17(16)26-19/h3-9,12H,10-11H2,1-2H3,(H,22,25)/t12-/m1/s1. The first-order valence-corrected chi connectivity index (χ1v) is 9.77. The molecule has 26 heavy (non-hydrogen) atoms. The van der Waals surface area contributed by atoms with Crippen LogP contribution in [0.15, 0.2) is 42.5 Å². The fraction of sp³-hybridized carbons (Fsp3) is 0.263. The van der Waals surface area contributed by atoms with E-state index in [0.717, 1.165) is 20.8 Å². The van der Waals surface area contributed by atoms with Crippen molar-refractivity contribution in [3.05, 3.63) is 63.1 Å². The maximum absolute atomic E-state index is 12.3. The lowest BCUT2D eigenvalue weighted by Gasteiger charge is -2.19. The van der Waals surface area contributed by atoms with Crippen LogP contribution < -0.4 is 5.32 Å². The monoisotopic (exact) mass is 407 g/mol. The lowest BCUT2D eigenvalue weighted by Crippen LogP contribution is -2.36. The number of carbonyl (C=O) groups excluding carboxylic acids is 1. The lowest BCUT2D eigenvalue weighted by molar-refractivity contribution is -0.122. The number of aromatic nitrogens is 1. The van der Waals surface area contributed by atoms with Gasteiger partial charge in [-0.3, -0.25) is 9.69 Å². The molecule has 4 nitrogen and oxygen atoms in total. The third-order valence-electron chi connectivity index (χ3n) is 3.96. The zero-order valence-corrected chi connectivity index (χ0v) is 16.8. The van der Waals surface area contributed by atoms with Crippen LogP contribution in [-0.2, 0) is 11.3 Å². The van der Waals surface area contributed by atoms with Gasteiger partial charge in [-0.05, 0) is 43.8 Å². The molecular formula is C19H19Cl2N3OS. The number of nitrogens with zero attached hydrogens (tertiary/aromatic N) is 2. The Morgan fingerprint density at radius 1 is 1.27 bits per heavy atom. The average Bonchev–Trinajstić information content (AvgIpc) is 2.96. The third kappa shape index (κ3) is 4.74. The van der Waals surface area contributed by atoms with Crippen molar-refractivity contribution in [1.82, 2.24) is 15.2 Å². The van der Waals surface area contributed by atoms with Crippen LogP contribution >= 0.6 is 34.5 Å². The number of halogens is 2. The summed E-state index contributed by atoms with van der Waals surface area (Å²) in [4.78, 5) is 18.9. The van der Waals surface area contributed by atoms with Gasteiger partial charge >= 0.3 is 0 Å². The molecular weight excluding hydrogens is 389 g/mol. The molecule has 0 saturated carbocycles. The van der Waals surface area contributed by atoms with Crippen molar-refractivity contribution in [1.29, 1.82) is 0 Å². The van der Waals surface area contributed by atoms with E-state index in [4.69, 9.17) is 23.2 Å². The van der Waals surface area contributed by atoms with Crippen molar-refractivity contribution in [2.24, 2.45) is 0 Å². The Labute approximate surface area is 166 Å². The van der Waals surface area contributed by atoms with Crippen LogP contribution in [0.3, 0.4) is 0 Å². The van der Waals surface area contributed by atoms with Gasteiger partial charge in [-0.2, -0.15) is 0 Å². The van der Waals surface area contributed by atoms with Crippen LogP contribution in [0, 0.1) is 0 Å². The number of hydrogen-bond donors (Lipinski definition) is 1. The van der Waals surface area contributed by atoms with Gasteiger partial charge in [-0.1, -0.05) is 41.4 Å². The summed E-state index contributed by atoms with van der Waals surface area (Å²) in [7, 11) is 1.91. The summed E-state index contributed by atoms with van der Waals surface area (Å²) in [6.45, 7) is 2.81. The largest absolute Gasteiger partial charge is 0.348 e. The van der Waals surface area contributed by atoms with E-state index in [0.29, 0.717) is 16.6 Å². The highest BCUT2D eigenvalue weighted by atomic mass is 35.5. The minimum absolute atomic E-state index is 0.0628. The van der Waals surface area contributed by atoms with Gasteiger partial charge in [-0.25, -0.2) is 4.98 Å².